The Hall–Kier alpha value is -1.85. The van der Waals surface area contributed by atoms with Gasteiger partial charge in [-0.05, 0) is 27.2 Å². The molecule has 0 saturated heterocycles. The molecule has 6 heteroatoms. The summed E-state index contributed by atoms with van der Waals surface area (Å²) in [6.07, 6.45) is 0.786. The summed E-state index contributed by atoms with van der Waals surface area (Å²) in [6, 6.07) is 2.74. The number of hydrogen-bond donors (Lipinski definition) is 1. The fraction of sp³-hybridized carbons (Fsp3) is 0.583. The number of nitrogens with one attached hydrogen (secondary N) is 1. The highest BCUT2D eigenvalue weighted by atomic mass is 16.6. The van der Waals surface area contributed by atoms with Crippen molar-refractivity contribution >= 4 is 11.5 Å². The Labute approximate surface area is 107 Å². The second-order valence-electron chi connectivity index (χ2n) is 4.55. The van der Waals surface area contributed by atoms with E-state index in [4.69, 9.17) is 4.74 Å². The van der Waals surface area contributed by atoms with Gasteiger partial charge in [0.05, 0.1) is 17.1 Å². The molecule has 1 rings (SSSR count). The molecule has 0 aliphatic heterocycles. The highest BCUT2D eigenvalue weighted by Crippen LogP contribution is 2.26. The van der Waals surface area contributed by atoms with Gasteiger partial charge >= 0.3 is 0 Å². The molecule has 0 radical (unpaired) electrons. The van der Waals surface area contributed by atoms with Crippen molar-refractivity contribution in [2.24, 2.45) is 0 Å². The highest BCUT2D eigenvalue weighted by molar-refractivity contribution is 5.48. The number of hydrogen-bond acceptors (Lipinski definition) is 5. The van der Waals surface area contributed by atoms with Crippen LogP contribution in [0.2, 0.25) is 0 Å². The number of nitrogens with zero attached hydrogens (tertiary/aromatic N) is 2. The molecule has 0 aliphatic rings. The van der Waals surface area contributed by atoms with Gasteiger partial charge in [0.2, 0.25) is 5.88 Å². The Kier molecular flexibility index (Phi) is 4.47. The second-order valence-corrected chi connectivity index (χ2v) is 4.55. The zero-order valence-corrected chi connectivity index (χ0v) is 11.2. The largest absolute Gasteiger partial charge is 0.471 e. The summed E-state index contributed by atoms with van der Waals surface area (Å²) in [5.41, 5.74) is -0.422. The minimum absolute atomic E-state index is 0.0251. The number of aromatic nitrogens is 1. The standard InChI is InChI=1S/C12H19N3O3/c1-5-12(3,4)18-11-8-9(15(16)17)7-10(14-11)13-6-2/h7-8H,5-6H2,1-4H3,(H,13,14). The molecule has 0 saturated carbocycles. The van der Waals surface area contributed by atoms with Crippen LogP contribution < -0.4 is 10.1 Å². The fourth-order valence-corrected chi connectivity index (χ4v) is 1.28. The Balaban J connectivity index is 3.06. The van der Waals surface area contributed by atoms with Crippen molar-refractivity contribution in [3.63, 3.8) is 0 Å². The lowest BCUT2D eigenvalue weighted by Gasteiger charge is -2.24. The van der Waals surface area contributed by atoms with Crippen LogP contribution in [0.15, 0.2) is 12.1 Å². The highest BCUT2D eigenvalue weighted by Gasteiger charge is 2.20. The molecule has 18 heavy (non-hydrogen) atoms. The first kappa shape index (κ1) is 14.2. The Morgan fingerprint density at radius 2 is 2.11 bits per heavy atom. The van der Waals surface area contributed by atoms with E-state index >= 15 is 0 Å². The van der Waals surface area contributed by atoms with E-state index in [1.165, 1.54) is 12.1 Å². The average Bonchev–Trinajstić information content (AvgIpc) is 2.28. The Morgan fingerprint density at radius 1 is 1.44 bits per heavy atom. The third kappa shape index (κ3) is 3.87. The zero-order chi connectivity index (χ0) is 13.8. The smallest absolute Gasteiger partial charge is 0.278 e. The van der Waals surface area contributed by atoms with Gasteiger partial charge in [-0.1, -0.05) is 6.92 Å². The van der Waals surface area contributed by atoms with Crippen molar-refractivity contribution in [3.8, 4) is 5.88 Å². The van der Waals surface area contributed by atoms with Gasteiger partial charge in [0.1, 0.15) is 11.4 Å². The van der Waals surface area contributed by atoms with Crippen LogP contribution in [0.25, 0.3) is 0 Å². The van der Waals surface area contributed by atoms with Crippen LogP contribution in [0, 0.1) is 10.1 Å². The lowest BCUT2D eigenvalue weighted by Crippen LogP contribution is -2.27. The molecule has 100 valence electrons. The van der Waals surface area contributed by atoms with Crippen LogP contribution in [-0.4, -0.2) is 22.1 Å². The summed E-state index contributed by atoms with van der Waals surface area (Å²) in [4.78, 5) is 14.6. The third-order valence-electron chi connectivity index (χ3n) is 2.59. The molecule has 0 fully saturated rings. The maximum Gasteiger partial charge on any atom is 0.278 e. The van der Waals surface area contributed by atoms with Crippen LogP contribution in [0.4, 0.5) is 11.5 Å². The van der Waals surface area contributed by atoms with Gasteiger partial charge in [0, 0.05) is 6.54 Å². The number of nitro groups is 1. The molecule has 0 aliphatic carbocycles. The van der Waals surface area contributed by atoms with Crippen LogP contribution in [-0.2, 0) is 0 Å². The predicted molar refractivity (Wildman–Crippen MR) is 70.1 cm³/mol. The summed E-state index contributed by atoms with van der Waals surface area (Å²) in [7, 11) is 0. The average molecular weight is 253 g/mol. The maximum absolute atomic E-state index is 10.8. The molecule has 1 aromatic rings. The van der Waals surface area contributed by atoms with Crippen molar-refractivity contribution in [2.45, 2.75) is 39.7 Å². The fourth-order valence-electron chi connectivity index (χ4n) is 1.28. The van der Waals surface area contributed by atoms with Crippen LogP contribution in [0.3, 0.4) is 0 Å². The first-order chi connectivity index (χ1) is 8.38. The second kappa shape index (κ2) is 5.66. The van der Waals surface area contributed by atoms with Crippen LogP contribution in [0.1, 0.15) is 34.1 Å². The first-order valence-corrected chi connectivity index (χ1v) is 5.97. The van der Waals surface area contributed by atoms with E-state index < -0.39 is 10.5 Å². The summed E-state index contributed by atoms with van der Waals surface area (Å²) >= 11 is 0. The monoisotopic (exact) mass is 253 g/mol. The third-order valence-corrected chi connectivity index (χ3v) is 2.59. The molecule has 0 unspecified atom stereocenters. The van der Waals surface area contributed by atoms with Gasteiger partial charge < -0.3 is 10.1 Å². The number of rotatable bonds is 6. The van der Waals surface area contributed by atoms with E-state index in [2.05, 4.69) is 10.3 Å². The van der Waals surface area contributed by atoms with Gasteiger partial charge in [-0.2, -0.15) is 4.98 Å². The lowest BCUT2D eigenvalue weighted by atomic mass is 10.1. The molecule has 0 spiro atoms. The molecule has 0 bridgehead atoms. The summed E-state index contributed by atoms with van der Waals surface area (Å²) < 4.78 is 5.67. The normalized spacial score (nSPS) is 11.1. The summed E-state index contributed by atoms with van der Waals surface area (Å²) in [5.74, 6) is 0.723. The SMILES string of the molecule is CCNc1cc([N+](=O)[O-])cc(OC(C)(C)CC)n1. The van der Waals surface area contributed by atoms with E-state index in [1.54, 1.807) is 0 Å². The van der Waals surface area contributed by atoms with E-state index in [-0.39, 0.29) is 11.6 Å². The zero-order valence-electron chi connectivity index (χ0n) is 11.2. The van der Waals surface area contributed by atoms with Gasteiger partial charge in [0.25, 0.3) is 5.69 Å². The van der Waals surface area contributed by atoms with E-state index in [0.717, 1.165) is 6.42 Å². The van der Waals surface area contributed by atoms with Crippen molar-refractivity contribution in [2.75, 3.05) is 11.9 Å². The molecule has 0 amide bonds. The van der Waals surface area contributed by atoms with Crippen molar-refractivity contribution in [1.82, 2.24) is 4.98 Å². The molecule has 0 atom stereocenters. The lowest BCUT2D eigenvalue weighted by molar-refractivity contribution is -0.385. The number of anilines is 1. The molecular formula is C12H19N3O3. The maximum atomic E-state index is 10.8. The predicted octanol–water partition coefficient (Wildman–Crippen LogP) is 2.99. The molecular weight excluding hydrogens is 234 g/mol. The van der Waals surface area contributed by atoms with Crippen LogP contribution in [0.5, 0.6) is 5.88 Å². The molecule has 0 aromatic carbocycles. The Bertz CT molecular complexity index is 433. The molecule has 1 heterocycles. The minimum Gasteiger partial charge on any atom is -0.471 e. The van der Waals surface area contributed by atoms with Crippen molar-refractivity contribution in [3.05, 3.63) is 22.2 Å². The van der Waals surface area contributed by atoms with Gasteiger partial charge in [0.15, 0.2) is 0 Å². The van der Waals surface area contributed by atoms with Gasteiger partial charge in [-0.15, -0.1) is 0 Å². The van der Waals surface area contributed by atoms with Crippen molar-refractivity contribution in [1.29, 1.82) is 0 Å². The van der Waals surface area contributed by atoms with E-state index in [9.17, 15) is 10.1 Å². The van der Waals surface area contributed by atoms with Gasteiger partial charge in [-0.3, -0.25) is 10.1 Å². The Morgan fingerprint density at radius 3 is 2.61 bits per heavy atom. The summed E-state index contributed by atoms with van der Waals surface area (Å²) in [6.45, 7) is 8.37. The molecule has 1 N–H and O–H groups in total. The van der Waals surface area contributed by atoms with Crippen LogP contribution >= 0.6 is 0 Å². The van der Waals surface area contributed by atoms with Gasteiger partial charge in [-0.25, -0.2) is 0 Å². The first-order valence-electron chi connectivity index (χ1n) is 5.97. The molecule has 1 aromatic heterocycles. The van der Waals surface area contributed by atoms with E-state index in [1.807, 2.05) is 27.7 Å². The minimum atomic E-state index is -0.450. The summed E-state index contributed by atoms with van der Waals surface area (Å²) in [5, 5.41) is 13.8. The number of ether oxygens (including phenoxy) is 1. The molecule has 6 nitrogen and oxygen atoms in total. The van der Waals surface area contributed by atoms with E-state index in [0.29, 0.717) is 12.4 Å². The quantitative estimate of drug-likeness (QED) is 0.623. The number of pyridine rings is 1. The topological polar surface area (TPSA) is 77.3 Å². The van der Waals surface area contributed by atoms with Crippen molar-refractivity contribution < 1.29 is 9.66 Å².